The lowest BCUT2D eigenvalue weighted by Gasteiger charge is -2.10. The molecular weight excluding hydrogens is 335 g/mol. The van der Waals surface area contributed by atoms with Gasteiger partial charge in [0.05, 0.1) is 5.69 Å². The Hall–Kier alpha value is -2.52. The molecule has 2 atom stereocenters. The van der Waals surface area contributed by atoms with Crippen LogP contribution in [-0.2, 0) is 13.0 Å². The van der Waals surface area contributed by atoms with Crippen LogP contribution in [0.15, 0.2) is 66.7 Å². The number of hydrogen-bond acceptors (Lipinski definition) is 2. The molecule has 2 N–H and O–H groups in total. The lowest BCUT2D eigenvalue weighted by atomic mass is 10.0. The van der Waals surface area contributed by atoms with Crippen molar-refractivity contribution in [2.75, 3.05) is 0 Å². The van der Waals surface area contributed by atoms with Crippen molar-refractivity contribution in [3.63, 3.8) is 0 Å². The van der Waals surface area contributed by atoms with Gasteiger partial charge in [-0.05, 0) is 60.9 Å². The highest BCUT2D eigenvalue weighted by Gasteiger charge is 2.39. The fourth-order valence-corrected chi connectivity index (χ4v) is 3.93. The lowest BCUT2D eigenvalue weighted by Crippen LogP contribution is -2.04. The molecule has 0 radical (unpaired) electrons. The number of aryl methyl sites for hydroxylation is 1. The number of nitrogens with two attached hydrogens (primary N) is 1. The van der Waals surface area contributed by atoms with E-state index in [1.165, 1.54) is 18.2 Å². The number of hydrogen-bond donors (Lipinski definition) is 1. The molecule has 138 valence electrons. The van der Waals surface area contributed by atoms with E-state index < -0.39 is 0 Å². The van der Waals surface area contributed by atoms with Gasteiger partial charge < -0.3 is 5.73 Å². The Balaban J connectivity index is 1.41. The van der Waals surface area contributed by atoms with Crippen LogP contribution in [0.3, 0.4) is 0 Å². The van der Waals surface area contributed by atoms with Crippen LogP contribution < -0.4 is 5.73 Å². The summed E-state index contributed by atoms with van der Waals surface area (Å²) in [5, 5.41) is 0. The fraction of sp³-hybridized carbons (Fsp3) is 0.292. The highest BCUT2D eigenvalue weighted by molar-refractivity contribution is 5.59. The Bertz CT molecular complexity index is 907. The van der Waals surface area contributed by atoms with Gasteiger partial charge >= 0.3 is 0 Å². The summed E-state index contributed by atoms with van der Waals surface area (Å²) in [7, 11) is 0. The average Bonchev–Trinajstić information content (AvgIpc) is 3.47. The summed E-state index contributed by atoms with van der Waals surface area (Å²) in [5.74, 6) is 1.04. The maximum absolute atomic E-state index is 13.3. The van der Waals surface area contributed by atoms with E-state index in [4.69, 9.17) is 10.7 Å². The molecule has 1 heterocycles. The molecule has 0 amide bonds. The van der Waals surface area contributed by atoms with E-state index in [0.29, 0.717) is 18.4 Å². The number of aromatic nitrogens is 1. The molecule has 2 nitrogen and oxygen atoms in total. The van der Waals surface area contributed by atoms with Crippen LogP contribution in [0.4, 0.5) is 4.39 Å². The Kier molecular flexibility index (Phi) is 5.30. The molecule has 1 saturated carbocycles. The average molecular weight is 360 g/mol. The second kappa shape index (κ2) is 8.01. The number of nitrogens with zero attached hydrogens (tertiary/aromatic N) is 1. The standard InChI is InChI=1S/C24H25FN2/c25-21-11-5-7-17(14-21)6-4-10-19-15-22(19)24-20(16-26)12-13-23(27-24)18-8-2-1-3-9-18/h1-3,5,7-9,11-14,19,22H,4,6,10,15-16,26H2/t19?,22-/m1/s1. The maximum atomic E-state index is 13.3. The minimum Gasteiger partial charge on any atom is -0.326 e. The first-order valence-corrected chi connectivity index (χ1v) is 9.74. The van der Waals surface area contributed by atoms with E-state index in [1.54, 1.807) is 12.1 Å². The summed E-state index contributed by atoms with van der Waals surface area (Å²) in [6.45, 7) is 0.532. The minimum atomic E-state index is -0.147. The highest BCUT2D eigenvalue weighted by Crippen LogP contribution is 2.50. The van der Waals surface area contributed by atoms with Crippen molar-refractivity contribution in [1.82, 2.24) is 4.98 Å². The molecule has 1 aliphatic carbocycles. The molecule has 1 unspecified atom stereocenters. The van der Waals surface area contributed by atoms with Crippen molar-refractivity contribution in [2.45, 2.75) is 38.1 Å². The van der Waals surface area contributed by atoms with Gasteiger partial charge in [-0.1, -0.05) is 48.5 Å². The van der Waals surface area contributed by atoms with E-state index >= 15 is 0 Å². The molecule has 1 aromatic heterocycles. The Morgan fingerprint density at radius 2 is 1.85 bits per heavy atom. The summed E-state index contributed by atoms with van der Waals surface area (Å²) >= 11 is 0. The predicted molar refractivity (Wildman–Crippen MR) is 108 cm³/mol. The fourth-order valence-electron chi connectivity index (χ4n) is 3.93. The zero-order valence-corrected chi connectivity index (χ0v) is 15.4. The summed E-state index contributed by atoms with van der Waals surface area (Å²) < 4.78 is 13.3. The van der Waals surface area contributed by atoms with Crippen LogP contribution in [0.1, 0.15) is 42.0 Å². The van der Waals surface area contributed by atoms with Gasteiger partial charge in [0, 0.05) is 23.7 Å². The molecule has 27 heavy (non-hydrogen) atoms. The van der Waals surface area contributed by atoms with Gasteiger partial charge in [-0.15, -0.1) is 0 Å². The first-order valence-electron chi connectivity index (χ1n) is 9.74. The number of rotatable bonds is 7. The molecule has 0 saturated heterocycles. The molecule has 0 spiro atoms. The second-order valence-corrected chi connectivity index (χ2v) is 7.44. The zero-order chi connectivity index (χ0) is 18.6. The van der Waals surface area contributed by atoms with Gasteiger partial charge in [0.15, 0.2) is 0 Å². The molecule has 1 fully saturated rings. The molecule has 1 aliphatic rings. The molecule has 3 heteroatoms. The number of pyridine rings is 1. The SMILES string of the molecule is NCc1ccc(-c2ccccc2)nc1[C@@H]1CC1CCCc1cccc(F)c1. The van der Waals surface area contributed by atoms with E-state index in [1.807, 2.05) is 24.3 Å². The van der Waals surface area contributed by atoms with Crippen LogP contribution in [0.5, 0.6) is 0 Å². The van der Waals surface area contributed by atoms with Crippen LogP contribution in [0, 0.1) is 11.7 Å². The molecule has 0 bridgehead atoms. The molecule has 3 aromatic rings. The van der Waals surface area contributed by atoms with Gasteiger partial charge in [-0.2, -0.15) is 0 Å². The quantitative estimate of drug-likeness (QED) is 0.606. The zero-order valence-electron chi connectivity index (χ0n) is 15.4. The van der Waals surface area contributed by atoms with Crippen molar-refractivity contribution in [1.29, 1.82) is 0 Å². The van der Waals surface area contributed by atoms with Gasteiger partial charge in [0.25, 0.3) is 0 Å². The third-order valence-corrected chi connectivity index (χ3v) is 5.50. The van der Waals surface area contributed by atoms with E-state index in [-0.39, 0.29) is 5.82 Å². The Morgan fingerprint density at radius 3 is 2.63 bits per heavy atom. The predicted octanol–water partition coefficient (Wildman–Crippen LogP) is 5.47. The van der Waals surface area contributed by atoms with Gasteiger partial charge in [0.2, 0.25) is 0 Å². The van der Waals surface area contributed by atoms with Crippen molar-refractivity contribution in [3.05, 3.63) is 89.4 Å². The van der Waals surface area contributed by atoms with Crippen molar-refractivity contribution < 1.29 is 4.39 Å². The normalized spacial score (nSPS) is 18.4. The lowest BCUT2D eigenvalue weighted by molar-refractivity contribution is 0.618. The van der Waals surface area contributed by atoms with E-state index in [9.17, 15) is 4.39 Å². The molecule has 0 aliphatic heterocycles. The van der Waals surface area contributed by atoms with Gasteiger partial charge in [-0.25, -0.2) is 4.39 Å². The summed E-state index contributed by atoms with van der Waals surface area (Å²) in [6, 6.07) is 21.4. The van der Waals surface area contributed by atoms with Gasteiger partial charge in [-0.3, -0.25) is 4.98 Å². The van der Waals surface area contributed by atoms with Gasteiger partial charge in [0.1, 0.15) is 5.82 Å². The topological polar surface area (TPSA) is 38.9 Å². The summed E-state index contributed by atoms with van der Waals surface area (Å²) in [6.07, 6.45) is 4.35. The third kappa shape index (κ3) is 4.25. The summed E-state index contributed by atoms with van der Waals surface area (Å²) in [4.78, 5) is 4.97. The highest BCUT2D eigenvalue weighted by atomic mass is 19.1. The number of halogens is 1. The van der Waals surface area contributed by atoms with Crippen LogP contribution in [0.2, 0.25) is 0 Å². The minimum absolute atomic E-state index is 0.147. The van der Waals surface area contributed by atoms with E-state index in [2.05, 4.69) is 24.3 Å². The molecule has 2 aromatic carbocycles. The Labute approximate surface area is 160 Å². The van der Waals surface area contributed by atoms with Crippen molar-refractivity contribution in [2.24, 2.45) is 11.7 Å². The number of benzene rings is 2. The Morgan fingerprint density at radius 1 is 1.00 bits per heavy atom. The summed E-state index contributed by atoms with van der Waals surface area (Å²) in [5.41, 5.74) is 11.5. The first-order chi connectivity index (χ1) is 13.2. The molecule has 4 rings (SSSR count). The van der Waals surface area contributed by atoms with Crippen LogP contribution in [0.25, 0.3) is 11.3 Å². The van der Waals surface area contributed by atoms with E-state index in [0.717, 1.165) is 41.6 Å². The van der Waals surface area contributed by atoms with Crippen molar-refractivity contribution >= 4 is 0 Å². The largest absolute Gasteiger partial charge is 0.326 e. The molecular formula is C24H25FN2. The van der Waals surface area contributed by atoms with Crippen molar-refractivity contribution in [3.8, 4) is 11.3 Å². The van der Waals surface area contributed by atoms with Crippen LogP contribution in [-0.4, -0.2) is 4.98 Å². The van der Waals surface area contributed by atoms with Crippen LogP contribution >= 0.6 is 0 Å². The maximum Gasteiger partial charge on any atom is 0.123 e. The monoisotopic (exact) mass is 360 g/mol. The first kappa shape index (κ1) is 17.9. The smallest absolute Gasteiger partial charge is 0.123 e. The third-order valence-electron chi connectivity index (χ3n) is 5.50. The second-order valence-electron chi connectivity index (χ2n) is 7.44.